The normalized spacial score (nSPS) is 19.4. The van der Waals surface area contributed by atoms with Crippen LogP contribution in [-0.4, -0.2) is 36.5 Å². The zero-order valence-corrected chi connectivity index (χ0v) is 10.5. The van der Waals surface area contributed by atoms with Crippen molar-refractivity contribution >= 4 is 18.3 Å². The minimum absolute atomic E-state index is 0. The molecule has 0 radical (unpaired) electrons. The number of nitrogens with zero attached hydrogens (tertiary/aromatic N) is 1. The Bertz CT molecular complexity index is 227. The molecule has 92 valence electrons. The summed E-state index contributed by atoms with van der Waals surface area (Å²) in [6, 6.07) is -0.00125. The van der Waals surface area contributed by atoms with Gasteiger partial charge in [0.05, 0.1) is 6.04 Å². The molecular weight excluding hydrogens is 224 g/mol. The highest BCUT2D eigenvalue weighted by atomic mass is 35.5. The minimum Gasteiger partial charge on any atom is -0.334 e. The van der Waals surface area contributed by atoms with Crippen molar-refractivity contribution in [2.24, 2.45) is 0 Å². The van der Waals surface area contributed by atoms with Crippen LogP contribution < -0.4 is 5.32 Å². The van der Waals surface area contributed by atoms with Gasteiger partial charge in [0, 0.05) is 13.1 Å². The van der Waals surface area contributed by atoms with Gasteiger partial charge in [-0.05, 0) is 19.4 Å². The molecule has 1 rings (SSSR count). The fourth-order valence-corrected chi connectivity index (χ4v) is 1.85. The summed E-state index contributed by atoms with van der Waals surface area (Å²) in [5, 5.41) is 3.26. The maximum absolute atomic E-state index is 12.0. The zero-order valence-electron chi connectivity index (χ0n) is 9.65. The van der Waals surface area contributed by atoms with E-state index in [0.29, 0.717) is 13.1 Å². The molecule has 0 aliphatic carbocycles. The Morgan fingerprint density at radius 2 is 1.94 bits per heavy atom. The van der Waals surface area contributed by atoms with E-state index >= 15 is 0 Å². The van der Waals surface area contributed by atoms with Gasteiger partial charge < -0.3 is 10.2 Å². The van der Waals surface area contributed by atoms with E-state index in [9.17, 15) is 4.79 Å². The Balaban J connectivity index is 0.00000225. The van der Waals surface area contributed by atoms with Crippen LogP contribution in [0.2, 0.25) is 0 Å². The number of amides is 1. The van der Waals surface area contributed by atoms with Crippen LogP contribution in [-0.2, 0) is 4.79 Å². The van der Waals surface area contributed by atoms with Crippen molar-refractivity contribution in [3.05, 3.63) is 25.3 Å². The smallest absolute Gasteiger partial charge is 0.240 e. The highest BCUT2D eigenvalue weighted by Crippen LogP contribution is 2.09. The number of hydrogen-bond acceptors (Lipinski definition) is 2. The summed E-state index contributed by atoms with van der Waals surface area (Å²) in [5.41, 5.74) is 0. The first-order valence-electron chi connectivity index (χ1n) is 5.53. The first-order chi connectivity index (χ1) is 7.29. The van der Waals surface area contributed by atoms with Crippen LogP contribution in [0.1, 0.15) is 19.3 Å². The van der Waals surface area contributed by atoms with Crippen molar-refractivity contribution in [2.75, 3.05) is 19.6 Å². The van der Waals surface area contributed by atoms with Crippen LogP contribution >= 0.6 is 12.4 Å². The lowest BCUT2D eigenvalue weighted by Gasteiger charge is -2.28. The van der Waals surface area contributed by atoms with Crippen LogP contribution in [0.3, 0.4) is 0 Å². The third-order valence-electron chi connectivity index (χ3n) is 2.62. The summed E-state index contributed by atoms with van der Waals surface area (Å²) in [5.74, 6) is 0.175. The van der Waals surface area contributed by atoms with Gasteiger partial charge in [-0.1, -0.05) is 18.6 Å². The second-order valence-electron chi connectivity index (χ2n) is 3.82. The molecule has 1 aliphatic rings. The molecule has 0 unspecified atom stereocenters. The van der Waals surface area contributed by atoms with Gasteiger partial charge in [0.2, 0.25) is 5.91 Å². The van der Waals surface area contributed by atoms with Crippen molar-refractivity contribution in [1.29, 1.82) is 0 Å². The van der Waals surface area contributed by atoms with Gasteiger partial charge in [-0.25, -0.2) is 0 Å². The molecule has 0 aromatic heterocycles. The second kappa shape index (κ2) is 8.36. The van der Waals surface area contributed by atoms with E-state index in [-0.39, 0.29) is 24.4 Å². The Kier molecular flexibility index (Phi) is 7.95. The summed E-state index contributed by atoms with van der Waals surface area (Å²) >= 11 is 0. The minimum atomic E-state index is -0.00125. The molecule has 0 aromatic carbocycles. The fraction of sp³-hybridized carbons (Fsp3) is 0.583. The standard InChI is InChI=1S/C12H20N2O.ClH/c1-3-9-14(10-4-2)12(15)11-7-5-6-8-13-11;/h3-4,11,13H,1-2,5-10H2;1H/t11-;/m1./s1. The summed E-state index contributed by atoms with van der Waals surface area (Å²) in [7, 11) is 0. The van der Waals surface area contributed by atoms with Crippen molar-refractivity contribution in [2.45, 2.75) is 25.3 Å². The summed E-state index contributed by atoms with van der Waals surface area (Å²) in [6.45, 7) is 9.47. The Labute approximate surface area is 104 Å². The average molecular weight is 245 g/mol. The lowest BCUT2D eigenvalue weighted by molar-refractivity contribution is -0.133. The molecule has 0 bridgehead atoms. The highest BCUT2D eigenvalue weighted by Gasteiger charge is 2.24. The van der Waals surface area contributed by atoms with E-state index < -0.39 is 0 Å². The molecule has 4 heteroatoms. The molecule has 1 fully saturated rings. The summed E-state index contributed by atoms with van der Waals surface area (Å²) in [4.78, 5) is 13.8. The van der Waals surface area contributed by atoms with Gasteiger partial charge in [-0.15, -0.1) is 25.6 Å². The van der Waals surface area contributed by atoms with E-state index in [2.05, 4.69) is 18.5 Å². The first-order valence-corrected chi connectivity index (χ1v) is 5.53. The molecule has 1 aliphatic heterocycles. The molecule has 1 atom stereocenters. The predicted molar refractivity (Wildman–Crippen MR) is 69.9 cm³/mol. The van der Waals surface area contributed by atoms with Crippen molar-refractivity contribution in [3.8, 4) is 0 Å². The molecule has 0 spiro atoms. The first kappa shape index (κ1) is 15.2. The van der Waals surface area contributed by atoms with E-state index in [1.165, 1.54) is 6.42 Å². The molecule has 1 N–H and O–H groups in total. The number of carbonyl (C=O) groups is 1. The monoisotopic (exact) mass is 244 g/mol. The van der Waals surface area contributed by atoms with Crippen LogP contribution in [0.5, 0.6) is 0 Å². The fourth-order valence-electron chi connectivity index (χ4n) is 1.85. The molecule has 3 nitrogen and oxygen atoms in total. The van der Waals surface area contributed by atoms with Crippen molar-refractivity contribution in [3.63, 3.8) is 0 Å². The van der Waals surface area contributed by atoms with Crippen LogP contribution in [0.4, 0.5) is 0 Å². The SMILES string of the molecule is C=CCN(CC=C)C(=O)[C@H]1CCCCN1.Cl. The summed E-state index contributed by atoms with van der Waals surface area (Å²) in [6.07, 6.45) is 6.77. The lowest BCUT2D eigenvalue weighted by atomic mass is 10.0. The zero-order chi connectivity index (χ0) is 11.1. The quantitative estimate of drug-likeness (QED) is 0.748. The van der Waals surface area contributed by atoms with Gasteiger partial charge in [-0.2, -0.15) is 0 Å². The maximum atomic E-state index is 12.0. The lowest BCUT2D eigenvalue weighted by Crippen LogP contribution is -2.48. The molecule has 0 aromatic rings. The average Bonchev–Trinajstić information content (AvgIpc) is 2.29. The number of piperidine rings is 1. The Morgan fingerprint density at radius 3 is 2.38 bits per heavy atom. The van der Waals surface area contributed by atoms with Gasteiger partial charge in [-0.3, -0.25) is 4.79 Å². The van der Waals surface area contributed by atoms with Gasteiger partial charge in [0.15, 0.2) is 0 Å². The molecular formula is C12H21ClN2O. The van der Waals surface area contributed by atoms with Crippen LogP contribution in [0.25, 0.3) is 0 Å². The van der Waals surface area contributed by atoms with Crippen molar-refractivity contribution < 1.29 is 4.79 Å². The van der Waals surface area contributed by atoms with E-state index in [1.54, 1.807) is 17.1 Å². The third kappa shape index (κ3) is 4.37. The number of hydrogen-bond donors (Lipinski definition) is 1. The third-order valence-corrected chi connectivity index (χ3v) is 2.62. The van der Waals surface area contributed by atoms with E-state index in [0.717, 1.165) is 19.4 Å². The number of rotatable bonds is 5. The van der Waals surface area contributed by atoms with Crippen molar-refractivity contribution in [1.82, 2.24) is 10.2 Å². The molecule has 16 heavy (non-hydrogen) atoms. The number of nitrogens with one attached hydrogen (secondary N) is 1. The number of halogens is 1. The Hall–Kier alpha value is -0.800. The molecule has 0 saturated carbocycles. The maximum Gasteiger partial charge on any atom is 0.240 e. The van der Waals surface area contributed by atoms with Gasteiger partial charge in [0.25, 0.3) is 0 Å². The van der Waals surface area contributed by atoms with Crippen LogP contribution in [0, 0.1) is 0 Å². The van der Waals surface area contributed by atoms with E-state index in [4.69, 9.17) is 0 Å². The second-order valence-corrected chi connectivity index (χ2v) is 3.82. The topological polar surface area (TPSA) is 32.3 Å². The predicted octanol–water partition coefficient (Wildman–Crippen LogP) is 1.75. The Morgan fingerprint density at radius 1 is 1.31 bits per heavy atom. The van der Waals surface area contributed by atoms with Gasteiger partial charge >= 0.3 is 0 Å². The molecule has 1 saturated heterocycles. The van der Waals surface area contributed by atoms with Crippen LogP contribution in [0.15, 0.2) is 25.3 Å². The number of carbonyl (C=O) groups excluding carboxylic acids is 1. The largest absolute Gasteiger partial charge is 0.334 e. The highest BCUT2D eigenvalue weighted by molar-refractivity contribution is 5.85. The van der Waals surface area contributed by atoms with E-state index in [1.807, 2.05) is 0 Å². The molecule has 1 amide bonds. The molecule has 1 heterocycles. The summed E-state index contributed by atoms with van der Waals surface area (Å²) < 4.78 is 0. The van der Waals surface area contributed by atoms with Gasteiger partial charge in [0.1, 0.15) is 0 Å².